The Kier molecular flexibility index (Phi) is 2.65. The largest absolute Gasteiger partial charge is 0.398 e. The topological polar surface area (TPSA) is 38.9 Å². The Morgan fingerprint density at radius 3 is 2.61 bits per heavy atom. The normalized spacial score (nSPS) is 10.7. The Bertz CT molecular complexity index is 723. The van der Waals surface area contributed by atoms with Crippen LogP contribution in [0.3, 0.4) is 0 Å². The van der Waals surface area contributed by atoms with Gasteiger partial charge in [0.1, 0.15) is 0 Å². The molecule has 0 aliphatic rings. The number of hydrogen-bond acceptors (Lipinski definition) is 2. The van der Waals surface area contributed by atoms with E-state index in [4.69, 9.17) is 17.3 Å². The Labute approximate surface area is 110 Å². The predicted octanol–water partition coefficient (Wildman–Crippen LogP) is 4.14. The second-order valence-corrected chi connectivity index (χ2v) is 4.53. The third-order valence-electron chi connectivity index (χ3n) is 2.89. The number of aromatic nitrogens is 1. The van der Waals surface area contributed by atoms with Gasteiger partial charge >= 0.3 is 0 Å². The lowest BCUT2D eigenvalue weighted by atomic mass is 10.1. The highest BCUT2D eigenvalue weighted by molar-refractivity contribution is 6.33. The van der Waals surface area contributed by atoms with Gasteiger partial charge in [-0.2, -0.15) is 0 Å². The molecule has 0 aliphatic carbocycles. The van der Waals surface area contributed by atoms with Crippen molar-refractivity contribution in [1.82, 2.24) is 4.98 Å². The lowest BCUT2D eigenvalue weighted by Crippen LogP contribution is -1.89. The van der Waals surface area contributed by atoms with E-state index in [2.05, 4.69) is 11.1 Å². The molecule has 3 aromatic rings. The lowest BCUT2D eigenvalue weighted by molar-refractivity contribution is 1.40. The molecule has 2 aromatic carbocycles. The summed E-state index contributed by atoms with van der Waals surface area (Å²) in [6, 6.07) is 17.6. The molecule has 0 radical (unpaired) electrons. The van der Waals surface area contributed by atoms with Crippen molar-refractivity contribution in [3.05, 3.63) is 59.6 Å². The molecule has 0 atom stereocenters. The van der Waals surface area contributed by atoms with Crippen molar-refractivity contribution in [3.8, 4) is 11.3 Å². The zero-order valence-corrected chi connectivity index (χ0v) is 10.4. The summed E-state index contributed by atoms with van der Waals surface area (Å²) >= 11 is 5.92. The third kappa shape index (κ3) is 1.91. The molecule has 0 unspecified atom stereocenters. The van der Waals surface area contributed by atoms with Gasteiger partial charge in [-0.05, 0) is 24.3 Å². The fourth-order valence-electron chi connectivity index (χ4n) is 1.93. The first kappa shape index (κ1) is 11.1. The highest BCUT2D eigenvalue weighted by Crippen LogP contribution is 2.26. The van der Waals surface area contributed by atoms with Crippen molar-refractivity contribution < 1.29 is 0 Å². The minimum absolute atomic E-state index is 0.569. The Morgan fingerprint density at radius 1 is 0.944 bits per heavy atom. The molecule has 2 N–H and O–H groups in total. The van der Waals surface area contributed by atoms with Gasteiger partial charge < -0.3 is 5.73 Å². The maximum absolute atomic E-state index is 5.92. The van der Waals surface area contributed by atoms with Crippen LogP contribution in [0.2, 0.25) is 5.02 Å². The minimum Gasteiger partial charge on any atom is -0.398 e. The van der Waals surface area contributed by atoms with E-state index in [9.17, 15) is 0 Å². The van der Waals surface area contributed by atoms with Crippen molar-refractivity contribution in [2.45, 2.75) is 0 Å². The summed E-state index contributed by atoms with van der Waals surface area (Å²) in [4.78, 5) is 4.62. The quantitative estimate of drug-likeness (QED) is 0.663. The Balaban J connectivity index is 2.16. The van der Waals surface area contributed by atoms with E-state index in [0.29, 0.717) is 10.7 Å². The fraction of sp³-hybridized carbons (Fsp3) is 0. The summed E-state index contributed by atoms with van der Waals surface area (Å²) in [7, 11) is 0. The number of anilines is 1. The molecule has 0 saturated heterocycles. The monoisotopic (exact) mass is 254 g/mol. The van der Waals surface area contributed by atoms with E-state index in [1.54, 1.807) is 6.07 Å². The minimum atomic E-state index is 0.569. The van der Waals surface area contributed by atoms with Crippen LogP contribution in [-0.2, 0) is 0 Å². The molecule has 0 saturated carbocycles. The van der Waals surface area contributed by atoms with Crippen LogP contribution in [0, 0.1) is 0 Å². The zero-order valence-electron chi connectivity index (χ0n) is 9.60. The van der Waals surface area contributed by atoms with E-state index in [0.717, 1.165) is 22.2 Å². The first-order valence-corrected chi connectivity index (χ1v) is 6.03. The van der Waals surface area contributed by atoms with Gasteiger partial charge in [-0.15, -0.1) is 0 Å². The number of halogens is 1. The third-order valence-corrected chi connectivity index (χ3v) is 3.23. The van der Waals surface area contributed by atoms with Crippen LogP contribution < -0.4 is 5.73 Å². The number of fused-ring (bicyclic) bond motifs is 1. The first-order chi connectivity index (χ1) is 8.74. The molecular weight excluding hydrogens is 244 g/mol. The van der Waals surface area contributed by atoms with Crippen molar-refractivity contribution in [3.63, 3.8) is 0 Å². The molecule has 0 fully saturated rings. The van der Waals surface area contributed by atoms with Gasteiger partial charge in [0, 0.05) is 10.9 Å². The standard InChI is InChI=1S/C15H11ClN2/c16-12-7-5-11(9-13(12)17)15-8-6-10-3-1-2-4-14(10)18-15/h1-9H,17H2. The first-order valence-electron chi connectivity index (χ1n) is 5.65. The van der Waals surface area contributed by atoms with Gasteiger partial charge in [-0.1, -0.05) is 41.9 Å². The number of nitrogens with zero attached hydrogens (tertiary/aromatic N) is 1. The van der Waals surface area contributed by atoms with Crippen molar-refractivity contribution >= 4 is 28.2 Å². The summed E-state index contributed by atoms with van der Waals surface area (Å²) in [5.74, 6) is 0. The SMILES string of the molecule is Nc1cc(-c2ccc3ccccc3n2)ccc1Cl. The molecule has 0 bridgehead atoms. The van der Waals surface area contributed by atoms with Crippen molar-refractivity contribution in [1.29, 1.82) is 0 Å². The van der Waals surface area contributed by atoms with Crippen LogP contribution in [0.25, 0.3) is 22.2 Å². The Morgan fingerprint density at radius 2 is 1.78 bits per heavy atom. The van der Waals surface area contributed by atoms with Crippen LogP contribution in [0.1, 0.15) is 0 Å². The molecule has 0 amide bonds. The number of pyridine rings is 1. The molecule has 2 nitrogen and oxygen atoms in total. The summed E-state index contributed by atoms with van der Waals surface area (Å²) in [5.41, 5.74) is 9.23. The number of rotatable bonds is 1. The second kappa shape index (κ2) is 4.31. The van der Waals surface area contributed by atoms with Gasteiger partial charge in [0.25, 0.3) is 0 Å². The van der Waals surface area contributed by atoms with Crippen LogP contribution in [-0.4, -0.2) is 4.98 Å². The zero-order chi connectivity index (χ0) is 12.5. The number of para-hydroxylation sites is 1. The van der Waals surface area contributed by atoms with E-state index in [1.165, 1.54) is 0 Å². The van der Waals surface area contributed by atoms with Crippen molar-refractivity contribution in [2.75, 3.05) is 5.73 Å². The summed E-state index contributed by atoms with van der Waals surface area (Å²) < 4.78 is 0. The average molecular weight is 255 g/mol. The Hall–Kier alpha value is -2.06. The molecule has 0 spiro atoms. The predicted molar refractivity (Wildman–Crippen MR) is 76.6 cm³/mol. The maximum Gasteiger partial charge on any atom is 0.0710 e. The van der Waals surface area contributed by atoms with Gasteiger partial charge in [0.15, 0.2) is 0 Å². The lowest BCUT2D eigenvalue weighted by Gasteiger charge is -2.05. The smallest absolute Gasteiger partial charge is 0.0710 e. The molecule has 1 heterocycles. The van der Waals surface area contributed by atoms with Crippen LogP contribution in [0.15, 0.2) is 54.6 Å². The van der Waals surface area contributed by atoms with Gasteiger partial charge in [0.05, 0.1) is 21.9 Å². The molecular formula is C15H11ClN2. The van der Waals surface area contributed by atoms with Gasteiger partial charge in [-0.3, -0.25) is 0 Å². The molecule has 3 rings (SSSR count). The molecule has 0 aliphatic heterocycles. The van der Waals surface area contributed by atoms with Crippen LogP contribution >= 0.6 is 11.6 Å². The summed E-state index contributed by atoms with van der Waals surface area (Å²) in [6.07, 6.45) is 0. The number of nitrogens with two attached hydrogens (primary N) is 1. The molecule has 1 aromatic heterocycles. The van der Waals surface area contributed by atoms with Gasteiger partial charge in [-0.25, -0.2) is 4.98 Å². The van der Waals surface area contributed by atoms with E-state index in [-0.39, 0.29) is 0 Å². The second-order valence-electron chi connectivity index (χ2n) is 4.13. The van der Waals surface area contributed by atoms with E-state index in [1.807, 2.05) is 42.5 Å². The summed E-state index contributed by atoms with van der Waals surface area (Å²) in [6.45, 7) is 0. The van der Waals surface area contributed by atoms with Crippen LogP contribution in [0.4, 0.5) is 5.69 Å². The van der Waals surface area contributed by atoms with E-state index < -0.39 is 0 Å². The van der Waals surface area contributed by atoms with Gasteiger partial charge in [0.2, 0.25) is 0 Å². The number of benzene rings is 2. The number of hydrogen-bond donors (Lipinski definition) is 1. The average Bonchev–Trinajstić information content (AvgIpc) is 2.41. The molecule has 88 valence electrons. The van der Waals surface area contributed by atoms with Crippen LogP contribution in [0.5, 0.6) is 0 Å². The highest BCUT2D eigenvalue weighted by atomic mass is 35.5. The van der Waals surface area contributed by atoms with E-state index >= 15 is 0 Å². The fourth-order valence-corrected chi connectivity index (χ4v) is 2.05. The maximum atomic E-state index is 5.92. The molecule has 3 heteroatoms. The summed E-state index contributed by atoms with van der Waals surface area (Å²) in [5, 5.41) is 1.70. The van der Waals surface area contributed by atoms with Crippen molar-refractivity contribution in [2.24, 2.45) is 0 Å². The number of nitrogen functional groups attached to an aromatic ring is 1. The molecule has 18 heavy (non-hydrogen) atoms. The highest BCUT2D eigenvalue weighted by Gasteiger charge is 2.03.